The van der Waals surface area contributed by atoms with Gasteiger partial charge >= 0.3 is 11.9 Å². The molecule has 12 heteroatoms. The van der Waals surface area contributed by atoms with Gasteiger partial charge in [0.05, 0.1) is 37.7 Å². The van der Waals surface area contributed by atoms with Crippen molar-refractivity contribution in [2.75, 3.05) is 47.6 Å². The number of methoxy groups -OCH3 is 2. The van der Waals surface area contributed by atoms with Crippen molar-refractivity contribution >= 4 is 17.8 Å². The van der Waals surface area contributed by atoms with Gasteiger partial charge in [0, 0.05) is 30.9 Å². The molecule has 2 atom stereocenters. The van der Waals surface area contributed by atoms with E-state index in [1.165, 1.54) is 44.6 Å². The molecular formula is C29H35NO11. The van der Waals surface area contributed by atoms with Gasteiger partial charge in [0.2, 0.25) is 5.91 Å². The van der Waals surface area contributed by atoms with E-state index in [2.05, 4.69) is 5.92 Å². The third kappa shape index (κ3) is 9.77. The fraction of sp³-hybridized carbons (Fsp3) is 0.414. The number of hydrogen-bond acceptors (Lipinski definition) is 10. The number of aliphatic carboxylic acids is 1. The molecule has 0 aliphatic carbocycles. The summed E-state index contributed by atoms with van der Waals surface area (Å²) in [7, 11) is 3.00. The summed E-state index contributed by atoms with van der Waals surface area (Å²) in [5.74, 6) is -0.949. The smallest absolute Gasteiger partial charge is 0.313 e. The second kappa shape index (κ2) is 16.8. The predicted octanol–water partition coefficient (Wildman–Crippen LogP) is 2.90. The van der Waals surface area contributed by atoms with Crippen LogP contribution in [0.25, 0.3) is 11.1 Å². The molecule has 3 N–H and O–H groups in total. The normalized spacial score (nSPS) is 12.2. The number of carbonyl (C=O) groups excluding carboxylic acids is 2. The average molecular weight is 574 g/mol. The fourth-order valence-electron chi connectivity index (χ4n) is 3.65. The molecule has 0 saturated carbocycles. The van der Waals surface area contributed by atoms with E-state index in [9.17, 15) is 19.5 Å². The molecular weight excluding hydrogens is 538 g/mol. The Morgan fingerprint density at radius 3 is 2.41 bits per heavy atom. The van der Waals surface area contributed by atoms with E-state index in [0.717, 1.165) is 0 Å². The van der Waals surface area contributed by atoms with Crippen LogP contribution in [0.3, 0.4) is 0 Å². The zero-order valence-corrected chi connectivity index (χ0v) is 23.5. The van der Waals surface area contributed by atoms with Gasteiger partial charge in [-0.3, -0.25) is 14.4 Å². The Morgan fingerprint density at radius 2 is 1.80 bits per heavy atom. The zero-order chi connectivity index (χ0) is 30.4. The van der Waals surface area contributed by atoms with E-state index >= 15 is 0 Å². The lowest BCUT2D eigenvalue weighted by Crippen LogP contribution is -2.20. The first kappa shape index (κ1) is 33.1. The van der Waals surface area contributed by atoms with Crippen molar-refractivity contribution in [3.8, 4) is 35.0 Å². The first-order chi connectivity index (χ1) is 19.7. The summed E-state index contributed by atoms with van der Waals surface area (Å²) in [5, 5.41) is 9.53. The van der Waals surface area contributed by atoms with Crippen molar-refractivity contribution < 1.29 is 52.6 Å². The molecule has 0 aliphatic rings. The molecule has 12 nitrogen and oxygen atoms in total. The van der Waals surface area contributed by atoms with Crippen LogP contribution in [-0.4, -0.2) is 76.9 Å². The number of ether oxygens (including phenoxy) is 7. The molecule has 0 heterocycles. The Labute approximate surface area is 238 Å². The summed E-state index contributed by atoms with van der Waals surface area (Å²) in [6.07, 6.45) is 4.71. The van der Waals surface area contributed by atoms with Crippen LogP contribution in [0.4, 0.5) is 0 Å². The van der Waals surface area contributed by atoms with Gasteiger partial charge < -0.3 is 44.0 Å². The zero-order valence-electron chi connectivity index (χ0n) is 23.5. The van der Waals surface area contributed by atoms with Crippen LogP contribution >= 0.6 is 0 Å². The highest BCUT2D eigenvalue weighted by molar-refractivity contribution is 5.95. The number of carboxylic acid groups (broad SMARTS) is 1. The van der Waals surface area contributed by atoms with Gasteiger partial charge in [-0.15, -0.1) is 6.42 Å². The first-order valence-electron chi connectivity index (χ1n) is 12.6. The second-order valence-corrected chi connectivity index (χ2v) is 8.46. The van der Waals surface area contributed by atoms with Gasteiger partial charge in [-0.05, 0) is 49.7 Å². The number of nitrogens with two attached hydrogens (primary N) is 1. The number of benzene rings is 2. The largest absolute Gasteiger partial charge is 0.481 e. The number of hydrogen-bond donors (Lipinski definition) is 2. The minimum absolute atomic E-state index is 0.0440. The molecule has 222 valence electrons. The maximum atomic E-state index is 12.8. The third-order valence-electron chi connectivity index (χ3n) is 5.74. The second-order valence-electron chi connectivity index (χ2n) is 8.46. The van der Waals surface area contributed by atoms with Crippen molar-refractivity contribution in [2.24, 2.45) is 5.73 Å². The van der Waals surface area contributed by atoms with Gasteiger partial charge in [0.25, 0.3) is 0 Å². The number of rotatable bonds is 18. The van der Waals surface area contributed by atoms with Crippen LogP contribution in [0.5, 0.6) is 11.5 Å². The van der Waals surface area contributed by atoms with Crippen LogP contribution < -0.4 is 15.2 Å². The Hall–Kier alpha value is -4.15. The minimum atomic E-state index is -1.22. The molecule has 0 bridgehead atoms. The minimum Gasteiger partial charge on any atom is -0.481 e. The lowest BCUT2D eigenvalue weighted by Gasteiger charge is -2.21. The molecule has 0 spiro atoms. The maximum absolute atomic E-state index is 12.8. The van der Waals surface area contributed by atoms with Crippen LogP contribution in [0, 0.1) is 12.3 Å². The Kier molecular flexibility index (Phi) is 13.6. The fourth-order valence-corrected chi connectivity index (χ4v) is 3.65. The first-order valence-corrected chi connectivity index (χ1v) is 12.6. The molecule has 0 fully saturated rings. The van der Waals surface area contributed by atoms with Crippen LogP contribution in [-0.2, 0) is 33.3 Å². The molecule has 0 aromatic heterocycles. The van der Waals surface area contributed by atoms with E-state index < -0.39 is 36.5 Å². The van der Waals surface area contributed by atoms with Gasteiger partial charge in [0.15, 0.2) is 19.9 Å². The van der Waals surface area contributed by atoms with Crippen molar-refractivity contribution in [3.63, 3.8) is 0 Å². The average Bonchev–Trinajstić information content (AvgIpc) is 2.95. The number of terminal acetylenes is 1. The highest BCUT2D eigenvalue weighted by atomic mass is 16.7. The Bertz CT molecular complexity index is 1240. The molecule has 2 aromatic carbocycles. The van der Waals surface area contributed by atoms with Crippen molar-refractivity contribution in [3.05, 3.63) is 47.0 Å². The lowest BCUT2D eigenvalue weighted by atomic mass is 9.89. The summed E-state index contributed by atoms with van der Waals surface area (Å²) in [5.41, 5.74) is 6.72. The summed E-state index contributed by atoms with van der Waals surface area (Å²) in [6, 6.07) is 7.44. The molecule has 0 saturated heterocycles. The van der Waals surface area contributed by atoms with Crippen molar-refractivity contribution in [2.45, 2.75) is 32.5 Å². The van der Waals surface area contributed by atoms with Gasteiger partial charge in [-0.1, -0.05) is 5.92 Å². The monoisotopic (exact) mass is 573 g/mol. The predicted molar refractivity (Wildman–Crippen MR) is 146 cm³/mol. The number of esters is 1. The van der Waals surface area contributed by atoms with E-state index in [4.69, 9.17) is 45.3 Å². The topological polar surface area (TPSA) is 162 Å². The number of amides is 1. The van der Waals surface area contributed by atoms with Crippen molar-refractivity contribution in [1.29, 1.82) is 0 Å². The maximum Gasteiger partial charge on any atom is 0.313 e. The lowest BCUT2D eigenvalue weighted by molar-refractivity contribution is -0.149. The van der Waals surface area contributed by atoms with Crippen LogP contribution in [0.2, 0.25) is 0 Å². The Morgan fingerprint density at radius 1 is 1.05 bits per heavy atom. The highest BCUT2D eigenvalue weighted by Crippen LogP contribution is 2.42. The van der Waals surface area contributed by atoms with Crippen molar-refractivity contribution in [1.82, 2.24) is 0 Å². The Balaban J connectivity index is 2.77. The molecule has 0 radical (unpaired) electrons. The van der Waals surface area contributed by atoms with Crippen LogP contribution in [0.15, 0.2) is 30.3 Å². The summed E-state index contributed by atoms with van der Waals surface area (Å²) < 4.78 is 37.9. The molecule has 1 amide bonds. The van der Waals surface area contributed by atoms with Gasteiger partial charge in [0.1, 0.15) is 11.5 Å². The quantitative estimate of drug-likeness (QED) is 0.117. The van der Waals surface area contributed by atoms with Gasteiger partial charge in [-0.2, -0.15) is 0 Å². The van der Waals surface area contributed by atoms with E-state index in [-0.39, 0.29) is 60.6 Å². The molecule has 2 unspecified atom stereocenters. The van der Waals surface area contributed by atoms with Gasteiger partial charge in [-0.25, -0.2) is 0 Å². The molecule has 2 aromatic rings. The standard InChI is InChI=1S/C29H35NO11/c1-6-19-12-21(22(15-26(31)32)29(34)38-7-2)14-24(27(19)41-16-37-11-10-35-4)23-13-20(28(30)33)8-9-25(23)40-17-39-18(3)36-5/h1,8-9,12-14,18,22H,7,10-11,15-17H2,2-5H3,(H2,30,33)(H,31,32). The van der Waals surface area contributed by atoms with E-state index in [1.807, 2.05) is 0 Å². The third-order valence-corrected chi connectivity index (χ3v) is 5.74. The molecule has 2 rings (SSSR count). The molecule has 0 aliphatic heterocycles. The SMILES string of the molecule is C#Cc1cc(C(CC(=O)O)C(=O)OCC)cc(-c2cc(C(N)=O)ccc2OCOC(C)OC)c1OCOCCOC. The van der Waals surface area contributed by atoms with E-state index in [1.54, 1.807) is 13.8 Å². The summed E-state index contributed by atoms with van der Waals surface area (Å²) >= 11 is 0. The number of carbonyl (C=O) groups is 3. The highest BCUT2D eigenvalue weighted by Gasteiger charge is 2.28. The molecule has 41 heavy (non-hydrogen) atoms. The van der Waals surface area contributed by atoms with Crippen LogP contribution in [0.1, 0.15) is 47.7 Å². The number of primary amides is 1. The number of carboxylic acids is 1. The van der Waals surface area contributed by atoms with E-state index in [0.29, 0.717) is 12.2 Å². The summed E-state index contributed by atoms with van der Waals surface area (Å²) in [6.45, 7) is 3.45. The summed E-state index contributed by atoms with van der Waals surface area (Å²) in [4.78, 5) is 36.6.